The van der Waals surface area contributed by atoms with Gasteiger partial charge in [0.15, 0.2) is 0 Å². The smallest absolute Gasteiger partial charge is 0.230 e. The van der Waals surface area contributed by atoms with Gasteiger partial charge in [-0.05, 0) is 75.0 Å². The number of thiazole rings is 1. The fraction of sp³-hybridized carbons (Fsp3) is 0.483. The number of fused-ring (bicyclic) bond motifs is 2. The summed E-state index contributed by atoms with van der Waals surface area (Å²) >= 11 is 1.66. The molecule has 192 valence electrons. The maximum absolute atomic E-state index is 13.5. The number of aromatic nitrogens is 2. The SMILES string of the molecule is O=C(N1CC=C(C2Cc3c(Nc4ccc5ncsc5c4)ccnc3N2)CC1)C1(CN2CCCCC2)CC1. The number of anilines is 3. The van der Waals surface area contributed by atoms with Gasteiger partial charge in [-0.3, -0.25) is 4.79 Å². The molecular weight excluding hydrogens is 480 g/mol. The zero-order valence-corrected chi connectivity index (χ0v) is 22.0. The van der Waals surface area contributed by atoms with Crippen molar-refractivity contribution < 1.29 is 4.79 Å². The highest BCUT2D eigenvalue weighted by Gasteiger charge is 2.52. The standard InChI is InChI=1S/C29H34N6OS/c36-28(29(9-10-29)18-34-12-2-1-3-13-34)35-14-7-20(8-15-35)25-17-22-23(6-11-30-27(22)33-25)32-21-4-5-24-26(16-21)37-19-31-24/h4-7,11,16,19,25H,1-3,8-10,12-15,17-18H2,(H2,30,32,33). The van der Waals surface area contributed by atoms with E-state index in [9.17, 15) is 4.79 Å². The third-order valence-electron chi connectivity index (χ3n) is 8.65. The van der Waals surface area contributed by atoms with Crippen LogP contribution in [0.5, 0.6) is 0 Å². The second kappa shape index (κ2) is 9.40. The highest BCUT2D eigenvalue weighted by atomic mass is 32.1. The molecule has 1 saturated heterocycles. The number of hydrogen-bond acceptors (Lipinski definition) is 7. The molecule has 2 N–H and O–H groups in total. The molecule has 7 rings (SSSR count). The highest BCUT2D eigenvalue weighted by Crippen LogP contribution is 2.48. The van der Waals surface area contributed by atoms with Gasteiger partial charge < -0.3 is 20.4 Å². The molecule has 37 heavy (non-hydrogen) atoms. The third kappa shape index (κ3) is 4.50. The summed E-state index contributed by atoms with van der Waals surface area (Å²) in [5.41, 5.74) is 7.63. The summed E-state index contributed by atoms with van der Waals surface area (Å²) in [7, 11) is 0. The van der Waals surface area contributed by atoms with E-state index in [1.54, 1.807) is 11.3 Å². The van der Waals surface area contributed by atoms with Crippen LogP contribution in [0.4, 0.5) is 17.2 Å². The molecule has 1 aromatic carbocycles. The van der Waals surface area contributed by atoms with E-state index < -0.39 is 0 Å². The van der Waals surface area contributed by atoms with Crippen molar-refractivity contribution in [3.63, 3.8) is 0 Å². The Morgan fingerprint density at radius 2 is 2.03 bits per heavy atom. The van der Waals surface area contributed by atoms with E-state index in [1.165, 1.54) is 35.1 Å². The Balaban J connectivity index is 1.01. The van der Waals surface area contributed by atoms with Gasteiger partial charge in [-0.15, -0.1) is 11.3 Å². The zero-order valence-electron chi connectivity index (χ0n) is 21.2. The molecule has 1 aliphatic carbocycles. The van der Waals surface area contributed by atoms with E-state index in [0.29, 0.717) is 5.91 Å². The van der Waals surface area contributed by atoms with E-state index in [1.807, 2.05) is 11.7 Å². The molecule has 3 aromatic rings. The molecule has 2 aromatic heterocycles. The molecule has 1 atom stereocenters. The number of pyridine rings is 1. The summed E-state index contributed by atoms with van der Waals surface area (Å²) in [6.45, 7) is 4.86. The van der Waals surface area contributed by atoms with Crippen LogP contribution in [0, 0.1) is 5.41 Å². The van der Waals surface area contributed by atoms with Gasteiger partial charge in [0.25, 0.3) is 0 Å². The number of nitrogens with zero attached hydrogens (tertiary/aromatic N) is 4. The maximum Gasteiger partial charge on any atom is 0.230 e. The molecule has 0 radical (unpaired) electrons. The first-order valence-electron chi connectivity index (χ1n) is 13.7. The topological polar surface area (TPSA) is 73.4 Å². The number of carbonyl (C=O) groups is 1. The Kier molecular flexibility index (Phi) is 5.89. The highest BCUT2D eigenvalue weighted by molar-refractivity contribution is 7.16. The monoisotopic (exact) mass is 514 g/mol. The maximum atomic E-state index is 13.5. The van der Waals surface area contributed by atoms with Gasteiger partial charge in [0.2, 0.25) is 5.91 Å². The van der Waals surface area contributed by atoms with E-state index in [2.05, 4.69) is 60.7 Å². The third-order valence-corrected chi connectivity index (χ3v) is 9.44. The minimum absolute atomic E-state index is 0.1000. The second-order valence-electron chi connectivity index (χ2n) is 11.1. The van der Waals surface area contributed by atoms with Gasteiger partial charge >= 0.3 is 0 Å². The Hall–Kier alpha value is -2.97. The molecule has 7 nitrogen and oxygen atoms in total. The number of likely N-dealkylation sites (tertiary alicyclic amines) is 1. The van der Waals surface area contributed by atoms with Crippen LogP contribution in [-0.4, -0.2) is 64.4 Å². The van der Waals surface area contributed by atoms with E-state index >= 15 is 0 Å². The van der Waals surface area contributed by atoms with Crippen molar-refractivity contribution in [1.82, 2.24) is 19.8 Å². The van der Waals surface area contributed by atoms with Gasteiger partial charge in [0.1, 0.15) is 5.82 Å². The van der Waals surface area contributed by atoms with E-state index in [-0.39, 0.29) is 11.5 Å². The van der Waals surface area contributed by atoms with Gasteiger partial charge in [-0.2, -0.15) is 0 Å². The molecule has 2 fully saturated rings. The molecule has 4 aliphatic rings. The Morgan fingerprint density at radius 1 is 1.14 bits per heavy atom. The lowest BCUT2D eigenvalue weighted by atomic mass is 9.95. The van der Waals surface area contributed by atoms with Crippen LogP contribution < -0.4 is 10.6 Å². The molecule has 1 saturated carbocycles. The molecule has 5 heterocycles. The number of rotatable bonds is 6. The lowest BCUT2D eigenvalue weighted by Gasteiger charge is -2.35. The minimum atomic E-state index is -0.1000. The zero-order chi connectivity index (χ0) is 24.8. The van der Waals surface area contributed by atoms with Crippen molar-refractivity contribution in [2.24, 2.45) is 5.41 Å². The first-order chi connectivity index (χ1) is 18.2. The summed E-state index contributed by atoms with van der Waals surface area (Å²) in [5.74, 6) is 1.36. The van der Waals surface area contributed by atoms with Crippen molar-refractivity contribution in [2.75, 3.05) is 43.4 Å². The average Bonchev–Trinajstić information content (AvgIpc) is 3.34. The largest absolute Gasteiger partial charge is 0.363 e. The van der Waals surface area contributed by atoms with Gasteiger partial charge in [0, 0.05) is 49.2 Å². The summed E-state index contributed by atoms with van der Waals surface area (Å²) in [4.78, 5) is 27.1. The van der Waals surface area contributed by atoms with E-state index in [0.717, 1.165) is 81.1 Å². The van der Waals surface area contributed by atoms with Crippen LogP contribution in [0.1, 0.15) is 44.1 Å². The number of amides is 1. The van der Waals surface area contributed by atoms with Crippen molar-refractivity contribution in [1.29, 1.82) is 0 Å². The quantitative estimate of drug-likeness (QED) is 0.441. The molecule has 8 heteroatoms. The van der Waals surface area contributed by atoms with Crippen molar-refractivity contribution in [3.8, 4) is 0 Å². The Labute approximate surface area is 222 Å². The predicted octanol–water partition coefficient (Wildman–Crippen LogP) is 5.20. The van der Waals surface area contributed by atoms with Crippen LogP contribution in [0.25, 0.3) is 10.2 Å². The molecule has 3 aliphatic heterocycles. The number of hydrogen-bond donors (Lipinski definition) is 2. The summed E-state index contributed by atoms with van der Waals surface area (Å²) in [6, 6.07) is 8.62. The normalized spacial score (nSPS) is 22.9. The molecule has 1 unspecified atom stereocenters. The predicted molar refractivity (Wildman–Crippen MR) is 149 cm³/mol. The minimum Gasteiger partial charge on any atom is -0.363 e. The Bertz CT molecular complexity index is 1360. The van der Waals surface area contributed by atoms with Crippen molar-refractivity contribution >= 4 is 44.7 Å². The number of benzene rings is 1. The van der Waals surface area contributed by atoms with Gasteiger partial charge in [0.05, 0.1) is 27.2 Å². The first-order valence-corrected chi connectivity index (χ1v) is 14.6. The summed E-state index contributed by atoms with van der Waals surface area (Å²) in [5, 5.41) is 7.27. The lowest BCUT2D eigenvalue weighted by Crippen LogP contribution is -2.46. The van der Waals surface area contributed by atoms with Gasteiger partial charge in [-0.25, -0.2) is 9.97 Å². The van der Waals surface area contributed by atoms with Crippen LogP contribution in [0.3, 0.4) is 0 Å². The fourth-order valence-electron chi connectivity index (χ4n) is 6.33. The van der Waals surface area contributed by atoms with E-state index in [4.69, 9.17) is 0 Å². The second-order valence-corrected chi connectivity index (χ2v) is 12.0. The lowest BCUT2D eigenvalue weighted by molar-refractivity contribution is -0.137. The molecule has 1 amide bonds. The van der Waals surface area contributed by atoms with Crippen LogP contribution >= 0.6 is 11.3 Å². The number of carbonyl (C=O) groups excluding carboxylic acids is 1. The van der Waals surface area contributed by atoms with Crippen molar-refractivity contribution in [2.45, 2.75) is 51.0 Å². The average molecular weight is 515 g/mol. The molecule has 0 spiro atoms. The molecule has 0 bridgehead atoms. The fourth-order valence-corrected chi connectivity index (χ4v) is 7.05. The first kappa shape index (κ1) is 23.2. The summed E-state index contributed by atoms with van der Waals surface area (Å²) < 4.78 is 1.18. The van der Waals surface area contributed by atoms with Crippen LogP contribution in [0.15, 0.2) is 47.6 Å². The van der Waals surface area contributed by atoms with Crippen LogP contribution in [0.2, 0.25) is 0 Å². The molecular formula is C29H34N6OS. The van der Waals surface area contributed by atoms with Gasteiger partial charge in [-0.1, -0.05) is 12.5 Å². The Morgan fingerprint density at radius 3 is 2.84 bits per heavy atom. The van der Waals surface area contributed by atoms with Crippen molar-refractivity contribution in [3.05, 3.63) is 53.2 Å². The van der Waals surface area contributed by atoms with Crippen LogP contribution in [-0.2, 0) is 11.2 Å². The summed E-state index contributed by atoms with van der Waals surface area (Å²) in [6.07, 6.45) is 12.0. The number of nitrogens with one attached hydrogen (secondary N) is 2. The number of piperidine rings is 1.